The molecule has 1 N–H and O–H groups in total. The van der Waals surface area contributed by atoms with Gasteiger partial charge >= 0.3 is 6.16 Å². The number of hydrogen-bond donors (Lipinski definition) is 1. The van der Waals surface area contributed by atoms with E-state index in [0.29, 0.717) is 11.8 Å². The van der Waals surface area contributed by atoms with E-state index >= 15 is 0 Å². The minimum Gasteiger partial charge on any atom is -0.450 e. The third kappa shape index (κ3) is 6.78. The molecule has 0 saturated carbocycles. The molecule has 0 aromatic rings. The number of nitrogens with zero attached hydrogens (tertiary/aromatic N) is 2. The maximum absolute atomic E-state index is 11.3. The van der Waals surface area contributed by atoms with Gasteiger partial charge in [0.1, 0.15) is 6.10 Å². The van der Waals surface area contributed by atoms with Crippen LogP contribution in [0, 0.1) is 11.8 Å². The number of carbonyl (C=O) groups is 1. The lowest BCUT2D eigenvalue weighted by atomic mass is 9.79. The highest BCUT2D eigenvalue weighted by molar-refractivity contribution is 5.57. The van der Waals surface area contributed by atoms with E-state index in [4.69, 9.17) is 4.74 Å². The maximum atomic E-state index is 11.3. The number of ether oxygens (including phenoxy) is 1. The number of rotatable bonds is 9. The summed E-state index contributed by atoms with van der Waals surface area (Å²) in [5, 5.41) is 9.24. The molecule has 0 aliphatic carbocycles. The van der Waals surface area contributed by atoms with E-state index in [0.717, 1.165) is 51.9 Å². The molecule has 2 saturated heterocycles. The van der Waals surface area contributed by atoms with Gasteiger partial charge in [-0.25, -0.2) is 4.79 Å². The second-order valence-corrected chi connectivity index (χ2v) is 7.91. The lowest BCUT2D eigenvalue weighted by Crippen LogP contribution is -2.45. The van der Waals surface area contributed by atoms with Gasteiger partial charge in [0.2, 0.25) is 0 Å². The summed E-state index contributed by atoms with van der Waals surface area (Å²) in [6, 6.07) is 0. The Bertz CT molecular complexity index is 347. The van der Waals surface area contributed by atoms with Gasteiger partial charge in [-0.2, -0.15) is 0 Å². The molecule has 0 unspecified atom stereocenters. The molecule has 2 heterocycles. The quantitative estimate of drug-likeness (QED) is 0.633. The molecule has 0 bridgehead atoms. The Morgan fingerprint density at radius 2 is 1.32 bits per heavy atom. The minimum atomic E-state index is -1.09. The van der Waals surface area contributed by atoms with Crippen molar-refractivity contribution in [2.45, 2.75) is 71.3 Å². The van der Waals surface area contributed by atoms with Gasteiger partial charge in [-0.15, -0.1) is 0 Å². The zero-order chi connectivity index (χ0) is 18.1. The van der Waals surface area contributed by atoms with Gasteiger partial charge in [0.25, 0.3) is 0 Å². The van der Waals surface area contributed by atoms with Crippen molar-refractivity contribution < 1.29 is 14.6 Å². The fraction of sp³-hybridized carbons (Fsp3) is 0.950. The lowest BCUT2D eigenvalue weighted by molar-refractivity contribution is -0.0378. The summed E-state index contributed by atoms with van der Waals surface area (Å²) in [7, 11) is 0. The first-order valence-electron chi connectivity index (χ1n) is 10.5. The van der Waals surface area contributed by atoms with Crippen molar-refractivity contribution in [2.24, 2.45) is 11.8 Å². The molecule has 5 nitrogen and oxygen atoms in total. The predicted octanol–water partition coefficient (Wildman–Crippen LogP) is 4.07. The number of carboxylic acid groups (broad SMARTS) is 1. The van der Waals surface area contributed by atoms with Crippen LogP contribution in [0.5, 0.6) is 0 Å². The smallest absolute Gasteiger partial charge is 0.450 e. The molecule has 2 aliphatic heterocycles. The highest BCUT2D eigenvalue weighted by Gasteiger charge is 2.36. The Morgan fingerprint density at radius 3 is 1.64 bits per heavy atom. The van der Waals surface area contributed by atoms with E-state index < -0.39 is 6.16 Å². The molecule has 2 rings (SSSR count). The second kappa shape index (κ2) is 11.0. The normalized spacial score (nSPS) is 21.7. The van der Waals surface area contributed by atoms with Gasteiger partial charge in [0.05, 0.1) is 0 Å². The van der Waals surface area contributed by atoms with Crippen LogP contribution >= 0.6 is 0 Å². The monoisotopic (exact) mass is 354 g/mol. The average molecular weight is 355 g/mol. The predicted molar refractivity (Wildman–Crippen MR) is 101 cm³/mol. The summed E-state index contributed by atoms with van der Waals surface area (Å²) >= 11 is 0. The van der Waals surface area contributed by atoms with Crippen LogP contribution in [0.3, 0.4) is 0 Å². The van der Waals surface area contributed by atoms with Gasteiger partial charge in [-0.1, -0.05) is 26.7 Å². The fourth-order valence-corrected chi connectivity index (χ4v) is 4.47. The highest BCUT2D eigenvalue weighted by atomic mass is 16.7. The standard InChI is InChI=1S/C20H38N2O3/c1-3-5-11-21-13-7-17(8-14-21)19(25-20(23)24)18-9-15-22(16-10-18)12-6-4-2/h17-19H,3-16H2,1-2H3,(H,23,24). The largest absolute Gasteiger partial charge is 0.506 e. The van der Waals surface area contributed by atoms with E-state index in [1.54, 1.807) is 0 Å². The fourth-order valence-electron chi connectivity index (χ4n) is 4.47. The molecule has 0 radical (unpaired) electrons. The van der Waals surface area contributed by atoms with Crippen LogP contribution in [0.25, 0.3) is 0 Å². The molecule has 2 fully saturated rings. The number of unbranched alkanes of at least 4 members (excludes halogenated alkanes) is 2. The van der Waals surface area contributed by atoms with Gasteiger partial charge in [-0.05, 0) is 89.6 Å². The second-order valence-electron chi connectivity index (χ2n) is 7.91. The van der Waals surface area contributed by atoms with Crippen molar-refractivity contribution in [2.75, 3.05) is 39.3 Å². The lowest BCUT2D eigenvalue weighted by Gasteiger charge is -2.41. The zero-order valence-electron chi connectivity index (χ0n) is 16.3. The van der Waals surface area contributed by atoms with E-state index in [-0.39, 0.29) is 6.10 Å². The molecule has 0 spiro atoms. The summed E-state index contributed by atoms with van der Waals surface area (Å²) in [6.45, 7) is 11.2. The molecule has 0 amide bonds. The summed E-state index contributed by atoms with van der Waals surface area (Å²) < 4.78 is 5.44. The summed E-state index contributed by atoms with van der Waals surface area (Å²) in [5.74, 6) is 0.808. The van der Waals surface area contributed by atoms with Gasteiger partial charge in [0.15, 0.2) is 0 Å². The Labute approximate surface area is 153 Å². The van der Waals surface area contributed by atoms with Crippen molar-refractivity contribution >= 4 is 6.16 Å². The summed E-state index contributed by atoms with van der Waals surface area (Å²) in [5.41, 5.74) is 0. The van der Waals surface area contributed by atoms with Gasteiger partial charge < -0.3 is 19.6 Å². The molecule has 0 aromatic heterocycles. The van der Waals surface area contributed by atoms with Gasteiger partial charge in [-0.3, -0.25) is 0 Å². The Hall–Kier alpha value is -0.810. The zero-order valence-corrected chi connectivity index (χ0v) is 16.3. The summed E-state index contributed by atoms with van der Waals surface area (Å²) in [4.78, 5) is 16.3. The number of hydrogen-bond acceptors (Lipinski definition) is 4. The molecule has 146 valence electrons. The Balaban J connectivity index is 1.84. The first kappa shape index (κ1) is 20.5. The maximum Gasteiger partial charge on any atom is 0.506 e. The number of likely N-dealkylation sites (tertiary alicyclic amines) is 2. The number of piperidine rings is 2. The average Bonchev–Trinajstić information content (AvgIpc) is 2.63. The third-order valence-electron chi connectivity index (χ3n) is 6.09. The van der Waals surface area contributed by atoms with Crippen LogP contribution in [0.15, 0.2) is 0 Å². The van der Waals surface area contributed by atoms with Crippen LogP contribution in [0.1, 0.15) is 65.2 Å². The van der Waals surface area contributed by atoms with E-state index in [1.807, 2.05) is 0 Å². The van der Waals surface area contributed by atoms with Crippen molar-refractivity contribution in [1.82, 2.24) is 9.80 Å². The van der Waals surface area contributed by atoms with Crippen LogP contribution in [-0.4, -0.2) is 66.4 Å². The molecule has 5 heteroatoms. The first-order chi connectivity index (χ1) is 12.1. The van der Waals surface area contributed by atoms with Crippen molar-refractivity contribution in [3.63, 3.8) is 0 Å². The molecule has 2 aliphatic rings. The van der Waals surface area contributed by atoms with Crippen molar-refractivity contribution in [1.29, 1.82) is 0 Å². The van der Waals surface area contributed by atoms with E-state index in [9.17, 15) is 9.90 Å². The van der Waals surface area contributed by atoms with Crippen LogP contribution in [-0.2, 0) is 4.74 Å². The van der Waals surface area contributed by atoms with Crippen LogP contribution < -0.4 is 0 Å². The Morgan fingerprint density at radius 1 is 0.920 bits per heavy atom. The van der Waals surface area contributed by atoms with Crippen LogP contribution in [0.4, 0.5) is 4.79 Å². The van der Waals surface area contributed by atoms with Crippen molar-refractivity contribution in [3.8, 4) is 0 Å². The summed E-state index contributed by atoms with van der Waals surface area (Å²) in [6.07, 6.45) is 8.13. The van der Waals surface area contributed by atoms with E-state index in [2.05, 4.69) is 23.6 Å². The molecule has 0 aromatic carbocycles. The Kier molecular flexibility index (Phi) is 9.04. The van der Waals surface area contributed by atoms with Crippen molar-refractivity contribution in [3.05, 3.63) is 0 Å². The SMILES string of the molecule is CCCCN1CCC(C(OC(=O)O)C2CCN(CCCC)CC2)CC1. The first-order valence-corrected chi connectivity index (χ1v) is 10.5. The van der Waals surface area contributed by atoms with Gasteiger partial charge in [0, 0.05) is 0 Å². The molecule has 25 heavy (non-hydrogen) atoms. The van der Waals surface area contributed by atoms with Crippen LogP contribution in [0.2, 0.25) is 0 Å². The van der Waals surface area contributed by atoms with E-state index in [1.165, 1.54) is 38.8 Å². The highest BCUT2D eigenvalue weighted by Crippen LogP contribution is 2.33. The topological polar surface area (TPSA) is 53.0 Å². The third-order valence-corrected chi connectivity index (χ3v) is 6.09. The molecule has 0 atom stereocenters. The minimum absolute atomic E-state index is 0.0980. The molecular weight excluding hydrogens is 316 g/mol. The molecular formula is C20H38N2O3.